The second kappa shape index (κ2) is 4.00. The van der Waals surface area contributed by atoms with E-state index in [9.17, 15) is 18.8 Å². The van der Waals surface area contributed by atoms with Crippen molar-refractivity contribution < 1.29 is 28.6 Å². The van der Waals surface area contributed by atoms with E-state index >= 15 is 0 Å². The number of aliphatic hydroxyl groups is 1. The molecule has 0 fully saturated rings. The van der Waals surface area contributed by atoms with Gasteiger partial charge in [-0.1, -0.05) is 0 Å². The maximum Gasteiger partial charge on any atom is 0.373 e. The van der Waals surface area contributed by atoms with Crippen LogP contribution in [-0.2, 0) is 20.2 Å². The van der Waals surface area contributed by atoms with Gasteiger partial charge in [-0.15, -0.1) is 0 Å². The molecule has 0 aromatic carbocycles. The number of hydrogen-bond acceptors (Lipinski definition) is 5. The van der Waals surface area contributed by atoms with E-state index in [0.717, 1.165) is 10.9 Å². The fraction of sp³-hybridized carbons (Fsp3) is 0.400. The van der Waals surface area contributed by atoms with Crippen molar-refractivity contribution in [2.24, 2.45) is 0 Å². The summed E-state index contributed by atoms with van der Waals surface area (Å²) < 4.78 is 33.2. The van der Waals surface area contributed by atoms with Crippen LogP contribution in [0.1, 0.15) is 0 Å². The normalized spacial score (nSPS) is 15.9. The number of aromatic nitrogens is 2. The summed E-state index contributed by atoms with van der Waals surface area (Å²) in [6.07, 6.45) is 3.71. The van der Waals surface area contributed by atoms with Crippen molar-refractivity contribution >= 4 is 15.3 Å². The van der Waals surface area contributed by atoms with Crippen molar-refractivity contribution in [2.45, 2.75) is 11.6 Å². The van der Waals surface area contributed by atoms with Gasteiger partial charge >= 0.3 is 15.3 Å². The molecule has 1 aromatic heterocycles. The molecular weight excluding hydrogens is 246 g/mol. The molecule has 0 aliphatic heterocycles. The summed E-state index contributed by atoms with van der Waals surface area (Å²) in [6.45, 7) is -0.768. The Hall–Kier alpha value is -0.780. The van der Waals surface area contributed by atoms with Crippen LogP contribution in [0.2, 0.25) is 0 Å². The second-order valence-corrected chi connectivity index (χ2v) is 6.25. The first-order chi connectivity index (χ1) is 6.77. The second-order valence-electron chi connectivity index (χ2n) is 2.81. The van der Waals surface area contributed by atoms with Gasteiger partial charge in [0.2, 0.25) is 0 Å². The van der Waals surface area contributed by atoms with Crippen molar-refractivity contribution in [2.75, 3.05) is 0 Å². The lowest BCUT2D eigenvalue weighted by atomic mass is 10.6. The lowest BCUT2D eigenvalue weighted by Gasteiger charge is -2.21. The highest BCUT2D eigenvalue weighted by Gasteiger charge is 2.51. The average molecular weight is 254 g/mol. The van der Waals surface area contributed by atoms with Gasteiger partial charge in [-0.25, -0.2) is 14.1 Å². The summed E-state index contributed by atoms with van der Waals surface area (Å²) in [4.78, 5) is 21.0. The molecule has 1 atom stereocenters. The molecule has 0 bridgehead atoms. The molecule has 1 heterocycles. The van der Waals surface area contributed by atoms with Crippen LogP contribution in [0, 0.1) is 0 Å². The van der Waals surface area contributed by atoms with Crippen molar-refractivity contribution in [3.8, 4) is 0 Å². The molecule has 10 heteroatoms. The molecule has 0 saturated carbocycles. The Morgan fingerprint density at radius 3 is 2.40 bits per heavy atom. The standard InChI is InChI=1S/C5H8N2O6P2/c8-5(14(9)10,15(11,12)13)3-7-2-1-6-4-7/h1-2,4,8H,3H2,(H2,11,12,13). The Morgan fingerprint density at radius 1 is 1.47 bits per heavy atom. The zero-order valence-corrected chi connectivity index (χ0v) is 9.08. The highest BCUT2D eigenvalue weighted by atomic mass is 31.2. The Morgan fingerprint density at radius 2 is 2.07 bits per heavy atom. The summed E-state index contributed by atoms with van der Waals surface area (Å²) in [7, 11) is -8.87. The molecule has 0 spiro atoms. The fourth-order valence-electron chi connectivity index (χ4n) is 0.881. The van der Waals surface area contributed by atoms with Gasteiger partial charge in [0.05, 0.1) is 12.9 Å². The number of rotatable bonds is 4. The van der Waals surface area contributed by atoms with Crippen molar-refractivity contribution in [1.82, 2.24) is 9.55 Å². The predicted molar refractivity (Wildman–Crippen MR) is 47.5 cm³/mol. The van der Waals surface area contributed by atoms with Gasteiger partial charge in [0.1, 0.15) is 0 Å². The number of hydrogen-bond donors (Lipinski definition) is 3. The summed E-state index contributed by atoms with van der Waals surface area (Å²) in [5.41, 5.74) is 0. The molecule has 3 N–H and O–H groups in total. The van der Waals surface area contributed by atoms with E-state index in [1.165, 1.54) is 12.4 Å². The van der Waals surface area contributed by atoms with E-state index < -0.39 is 26.9 Å². The molecule has 1 aromatic rings. The van der Waals surface area contributed by atoms with Crippen molar-refractivity contribution in [3.63, 3.8) is 0 Å². The third-order valence-corrected chi connectivity index (χ3v) is 4.78. The predicted octanol–water partition coefficient (Wildman–Crippen LogP) is -0.120. The minimum Gasteiger partial charge on any atom is -0.364 e. The van der Waals surface area contributed by atoms with Crippen LogP contribution in [0.15, 0.2) is 18.7 Å². The molecule has 1 unspecified atom stereocenters. The van der Waals surface area contributed by atoms with Gasteiger partial charge in [0.15, 0.2) is 0 Å². The quantitative estimate of drug-likeness (QED) is 0.638. The number of nitrogens with zero attached hydrogens (tertiary/aromatic N) is 2. The van der Waals surface area contributed by atoms with Gasteiger partial charge in [-0.2, -0.15) is 0 Å². The van der Waals surface area contributed by atoms with Crippen molar-refractivity contribution in [3.05, 3.63) is 18.7 Å². The maximum atomic E-state index is 10.8. The molecular formula is C5H8N2O6P2. The SMILES string of the molecule is O=P(=O)C(O)(Cn1ccnc1)P(=O)(O)O. The van der Waals surface area contributed by atoms with Gasteiger partial charge in [0.25, 0.3) is 5.08 Å². The third-order valence-electron chi connectivity index (χ3n) is 1.71. The summed E-state index contributed by atoms with van der Waals surface area (Å²) in [6, 6.07) is 0. The van der Waals surface area contributed by atoms with Gasteiger partial charge in [0, 0.05) is 12.4 Å². The summed E-state index contributed by atoms with van der Waals surface area (Å²) in [5, 5.41) is 6.29. The largest absolute Gasteiger partial charge is 0.373 e. The van der Waals surface area contributed by atoms with Gasteiger partial charge in [-0.05, 0) is 0 Å². The Bertz CT molecular complexity index is 440. The smallest absolute Gasteiger partial charge is 0.364 e. The van der Waals surface area contributed by atoms with E-state index in [4.69, 9.17) is 9.79 Å². The summed E-state index contributed by atoms with van der Waals surface area (Å²) >= 11 is 0. The molecule has 0 radical (unpaired) electrons. The minimum atomic E-state index is -5.17. The molecule has 84 valence electrons. The van der Waals surface area contributed by atoms with Crippen LogP contribution in [0.3, 0.4) is 0 Å². The van der Waals surface area contributed by atoms with Crippen LogP contribution in [-0.4, -0.2) is 29.5 Å². The Labute approximate surface area is 84.6 Å². The summed E-state index contributed by atoms with van der Waals surface area (Å²) in [5.74, 6) is 0. The molecule has 0 amide bonds. The Balaban J connectivity index is 3.10. The molecule has 0 aliphatic rings. The van der Waals surface area contributed by atoms with Gasteiger partial charge < -0.3 is 19.5 Å². The zero-order chi connectivity index (χ0) is 11.7. The first-order valence-corrected chi connectivity index (χ1v) is 6.44. The molecule has 15 heavy (non-hydrogen) atoms. The fourth-order valence-corrected chi connectivity index (χ4v) is 2.36. The Kier molecular flexibility index (Phi) is 3.28. The first-order valence-electron chi connectivity index (χ1n) is 3.65. The third kappa shape index (κ3) is 2.42. The van der Waals surface area contributed by atoms with Crippen molar-refractivity contribution in [1.29, 1.82) is 0 Å². The van der Waals surface area contributed by atoms with Crippen LogP contribution < -0.4 is 0 Å². The maximum absolute atomic E-state index is 10.8. The van der Waals surface area contributed by atoms with Crippen LogP contribution in [0.4, 0.5) is 0 Å². The molecule has 0 saturated heterocycles. The zero-order valence-electron chi connectivity index (χ0n) is 7.29. The van der Waals surface area contributed by atoms with E-state index in [1.807, 2.05) is 0 Å². The number of imidazole rings is 1. The highest BCUT2D eigenvalue weighted by Crippen LogP contribution is 2.57. The van der Waals surface area contributed by atoms with E-state index in [0.29, 0.717) is 0 Å². The van der Waals surface area contributed by atoms with E-state index in [-0.39, 0.29) is 0 Å². The first kappa shape index (κ1) is 12.3. The molecule has 1 rings (SSSR count). The van der Waals surface area contributed by atoms with Crippen LogP contribution in [0.5, 0.6) is 0 Å². The van der Waals surface area contributed by atoms with E-state index in [2.05, 4.69) is 4.98 Å². The average Bonchev–Trinajstić information content (AvgIpc) is 2.54. The van der Waals surface area contributed by atoms with Crippen LogP contribution in [0.25, 0.3) is 0 Å². The van der Waals surface area contributed by atoms with Crippen LogP contribution >= 0.6 is 15.3 Å². The lowest BCUT2D eigenvalue weighted by Crippen LogP contribution is -2.28. The molecule has 8 nitrogen and oxygen atoms in total. The van der Waals surface area contributed by atoms with E-state index in [1.54, 1.807) is 0 Å². The highest BCUT2D eigenvalue weighted by molar-refractivity contribution is 7.64. The molecule has 0 aliphatic carbocycles. The van der Waals surface area contributed by atoms with Gasteiger partial charge in [-0.3, -0.25) is 4.57 Å². The minimum absolute atomic E-state index is 0.768. The topological polar surface area (TPSA) is 130 Å². The lowest BCUT2D eigenvalue weighted by molar-refractivity contribution is 0.142. The monoisotopic (exact) mass is 254 g/mol.